The van der Waals surface area contributed by atoms with E-state index >= 15 is 0 Å². The van der Waals surface area contributed by atoms with E-state index in [1.54, 1.807) is 14.2 Å². The molecule has 4 nitrogen and oxygen atoms in total. The molecule has 1 N–H and O–H groups in total. The fraction of sp³-hybridized carbons (Fsp3) is 1.00. The molecule has 10 heavy (non-hydrogen) atoms. The number of hydrogen-bond donors (Lipinski definition) is 1. The van der Waals surface area contributed by atoms with Gasteiger partial charge in [0.15, 0.2) is 0 Å². The zero-order valence-corrected chi connectivity index (χ0v) is 7.27. The first-order chi connectivity index (χ1) is 4.83. The highest BCUT2D eigenvalue weighted by Crippen LogP contribution is 2.24. The maximum absolute atomic E-state index is 8.60. The van der Waals surface area contributed by atoms with Crippen molar-refractivity contribution in [3.8, 4) is 0 Å². The molecule has 60 valence electrons. The van der Waals surface area contributed by atoms with E-state index in [0.717, 1.165) is 0 Å². The number of epoxide rings is 1. The summed E-state index contributed by atoms with van der Waals surface area (Å²) in [5.41, 5.74) is 0.0556. The lowest BCUT2D eigenvalue weighted by Gasteiger charge is -2.05. The van der Waals surface area contributed by atoms with E-state index in [1.807, 2.05) is 0 Å². The van der Waals surface area contributed by atoms with Crippen LogP contribution in [0.1, 0.15) is 0 Å². The third-order valence-corrected chi connectivity index (χ3v) is 3.59. The molecule has 0 aromatic rings. The Morgan fingerprint density at radius 3 is 2.40 bits per heavy atom. The van der Waals surface area contributed by atoms with E-state index in [1.165, 1.54) is 0 Å². The highest BCUT2D eigenvalue weighted by atomic mass is 28.3. The Morgan fingerprint density at radius 1 is 1.50 bits per heavy atom. The van der Waals surface area contributed by atoms with Crippen LogP contribution in [0.4, 0.5) is 0 Å². The molecular weight excluding hydrogens is 152 g/mol. The molecule has 0 radical (unpaired) electrons. The van der Waals surface area contributed by atoms with Crippen molar-refractivity contribution in [3.63, 3.8) is 0 Å². The second-order valence-corrected chi connectivity index (χ2v) is 4.50. The summed E-state index contributed by atoms with van der Waals surface area (Å²) in [4.78, 5) is 0. The van der Waals surface area contributed by atoms with E-state index in [4.69, 9.17) is 18.7 Å². The number of rotatable bonds is 4. The Labute approximate surface area is 61.6 Å². The maximum atomic E-state index is 8.60. The van der Waals surface area contributed by atoms with Gasteiger partial charge in [-0.2, -0.15) is 0 Å². The minimum absolute atomic E-state index is 0.0310. The Hall–Kier alpha value is 0.0569. The van der Waals surface area contributed by atoms with Crippen molar-refractivity contribution in [2.75, 3.05) is 20.8 Å². The summed E-state index contributed by atoms with van der Waals surface area (Å²) in [7, 11) is 1.60. The molecule has 1 aliphatic heterocycles. The minimum atomic E-state index is -1.61. The van der Waals surface area contributed by atoms with Gasteiger partial charge in [-0.25, -0.2) is 0 Å². The van der Waals surface area contributed by atoms with Crippen molar-refractivity contribution < 1.29 is 18.7 Å². The van der Waals surface area contributed by atoms with Crippen LogP contribution in [0.5, 0.6) is 0 Å². The normalized spacial score (nSPS) is 31.2. The first-order valence-electron chi connectivity index (χ1n) is 3.15. The van der Waals surface area contributed by atoms with E-state index in [2.05, 4.69) is 0 Å². The molecule has 0 saturated carbocycles. The average Bonchev–Trinajstić information content (AvgIpc) is 2.70. The molecule has 1 fully saturated rings. The van der Waals surface area contributed by atoms with Gasteiger partial charge < -0.3 is 18.7 Å². The molecule has 0 aromatic carbocycles. The fourth-order valence-electron chi connectivity index (χ4n) is 0.907. The number of aliphatic hydroxyl groups is 1. The zero-order chi connectivity index (χ0) is 7.56. The summed E-state index contributed by atoms with van der Waals surface area (Å²) in [5, 5.41) is 8.60. The highest BCUT2D eigenvalue weighted by Gasteiger charge is 2.47. The number of ether oxygens (including phenoxy) is 1. The van der Waals surface area contributed by atoms with Gasteiger partial charge in [0.1, 0.15) is 11.8 Å². The lowest BCUT2D eigenvalue weighted by molar-refractivity contribution is 0.237. The third kappa shape index (κ3) is 1.56. The largest absolute Gasteiger partial charge is 0.398 e. The van der Waals surface area contributed by atoms with Gasteiger partial charge in [-0.3, -0.25) is 0 Å². The Balaban J connectivity index is 2.22. The van der Waals surface area contributed by atoms with Crippen molar-refractivity contribution >= 4 is 9.28 Å². The predicted octanol–water partition coefficient (Wildman–Crippen LogP) is -1.20. The monoisotopic (exact) mass is 164 g/mol. The molecule has 1 rings (SSSR count). The lowest BCUT2D eigenvalue weighted by atomic mass is 10.5. The summed E-state index contributed by atoms with van der Waals surface area (Å²) in [6.07, 6.45) is -0.0310. The second kappa shape index (κ2) is 3.45. The summed E-state index contributed by atoms with van der Waals surface area (Å²) in [6, 6.07) is 0. The standard InChI is InChI=1S/C5H12O4Si/c1-7-10(8-2)5-4(3-6)9-5/h4-6,10H,3H2,1-2H3. The average molecular weight is 164 g/mol. The number of aliphatic hydroxyl groups excluding tert-OH is 1. The number of hydrogen-bond acceptors (Lipinski definition) is 4. The van der Waals surface area contributed by atoms with Gasteiger partial charge in [0.05, 0.1) is 6.61 Å². The SMILES string of the molecule is CO[SiH](OC)C1OC1CO. The molecule has 0 bridgehead atoms. The van der Waals surface area contributed by atoms with Crippen molar-refractivity contribution in [1.82, 2.24) is 0 Å². The fourth-order valence-corrected chi connectivity index (χ4v) is 2.44. The Bertz CT molecular complexity index is 106. The van der Waals surface area contributed by atoms with Gasteiger partial charge in [-0.15, -0.1) is 0 Å². The molecule has 0 spiro atoms. The van der Waals surface area contributed by atoms with E-state index < -0.39 is 9.28 Å². The summed E-state index contributed by atoms with van der Waals surface area (Å²) < 4.78 is 15.1. The highest BCUT2D eigenvalue weighted by molar-refractivity contribution is 6.47. The van der Waals surface area contributed by atoms with Gasteiger partial charge in [0.25, 0.3) is 0 Å². The van der Waals surface area contributed by atoms with Crippen LogP contribution in [0.3, 0.4) is 0 Å². The van der Waals surface area contributed by atoms with Crippen LogP contribution >= 0.6 is 0 Å². The van der Waals surface area contributed by atoms with Crippen LogP contribution in [-0.2, 0) is 13.6 Å². The first-order valence-corrected chi connectivity index (χ1v) is 4.76. The van der Waals surface area contributed by atoms with Gasteiger partial charge in [0, 0.05) is 14.2 Å². The molecular formula is C5H12O4Si. The zero-order valence-electron chi connectivity index (χ0n) is 6.11. The molecule has 0 amide bonds. The molecule has 2 unspecified atom stereocenters. The Kier molecular flexibility index (Phi) is 2.81. The van der Waals surface area contributed by atoms with Gasteiger partial charge in [-0.1, -0.05) is 0 Å². The van der Waals surface area contributed by atoms with Crippen molar-refractivity contribution in [2.24, 2.45) is 0 Å². The molecule has 5 heteroatoms. The Morgan fingerprint density at radius 2 is 2.10 bits per heavy atom. The van der Waals surface area contributed by atoms with Gasteiger partial charge in [0.2, 0.25) is 0 Å². The molecule has 2 atom stereocenters. The first kappa shape index (κ1) is 8.16. The smallest absolute Gasteiger partial charge is 0.353 e. The van der Waals surface area contributed by atoms with Crippen LogP contribution in [0.25, 0.3) is 0 Å². The van der Waals surface area contributed by atoms with Crippen molar-refractivity contribution in [2.45, 2.75) is 11.8 Å². The second-order valence-electron chi connectivity index (χ2n) is 2.16. The van der Waals surface area contributed by atoms with Crippen molar-refractivity contribution in [1.29, 1.82) is 0 Å². The van der Waals surface area contributed by atoms with Crippen LogP contribution in [0, 0.1) is 0 Å². The lowest BCUT2D eigenvalue weighted by Crippen LogP contribution is -2.28. The van der Waals surface area contributed by atoms with Crippen LogP contribution in [0.2, 0.25) is 0 Å². The summed E-state index contributed by atoms with van der Waals surface area (Å²) in [5.74, 6) is 0. The summed E-state index contributed by atoms with van der Waals surface area (Å²) >= 11 is 0. The quantitative estimate of drug-likeness (QED) is 0.419. The minimum Gasteiger partial charge on any atom is -0.398 e. The topological polar surface area (TPSA) is 51.2 Å². The molecule has 1 saturated heterocycles. The molecule has 1 heterocycles. The third-order valence-electron chi connectivity index (χ3n) is 1.53. The van der Waals surface area contributed by atoms with Crippen LogP contribution in [0.15, 0.2) is 0 Å². The van der Waals surface area contributed by atoms with Crippen LogP contribution in [-0.4, -0.2) is 47.0 Å². The molecule has 1 aliphatic rings. The molecule has 0 aromatic heterocycles. The van der Waals surface area contributed by atoms with E-state index in [-0.39, 0.29) is 18.4 Å². The predicted molar refractivity (Wildman–Crippen MR) is 36.9 cm³/mol. The van der Waals surface area contributed by atoms with E-state index in [0.29, 0.717) is 0 Å². The van der Waals surface area contributed by atoms with Crippen LogP contribution < -0.4 is 0 Å². The van der Waals surface area contributed by atoms with Crippen molar-refractivity contribution in [3.05, 3.63) is 0 Å². The van der Waals surface area contributed by atoms with E-state index in [9.17, 15) is 0 Å². The molecule has 0 aliphatic carbocycles. The maximum Gasteiger partial charge on any atom is 0.353 e. The van der Waals surface area contributed by atoms with Gasteiger partial charge >= 0.3 is 9.28 Å². The summed E-state index contributed by atoms with van der Waals surface area (Å²) in [6.45, 7) is 0.0703. The van der Waals surface area contributed by atoms with Gasteiger partial charge in [-0.05, 0) is 0 Å².